The molecule has 15 heavy (non-hydrogen) atoms. The van der Waals surface area contributed by atoms with Gasteiger partial charge in [-0.2, -0.15) is 0 Å². The number of nitrogens with one attached hydrogen (secondary N) is 1. The van der Waals surface area contributed by atoms with Crippen LogP contribution in [-0.2, 0) is 4.74 Å². The van der Waals surface area contributed by atoms with Gasteiger partial charge in [-0.1, -0.05) is 0 Å². The van der Waals surface area contributed by atoms with E-state index in [0.29, 0.717) is 17.0 Å². The number of carbonyl (C=O) groups is 1. The van der Waals surface area contributed by atoms with Crippen molar-refractivity contribution in [1.82, 2.24) is 15.0 Å². The highest BCUT2D eigenvalue weighted by atomic mass is 16.5. The number of nitrogens with zero attached hydrogens (tertiary/aromatic N) is 2. The van der Waals surface area contributed by atoms with Gasteiger partial charge < -0.3 is 9.72 Å². The van der Waals surface area contributed by atoms with Crippen LogP contribution in [0.5, 0.6) is 0 Å². The molecule has 2 rings (SSSR count). The van der Waals surface area contributed by atoms with Crippen molar-refractivity contribution in [3.05, 3.63) is 36.4 Å². The Morgan fingerprint density at radius 3 is 3.00 bits per heavy atom. The molecule has 0 saturated heterocycles. The number of rotatable bonds is 2. The molecule has 0 spiro atoms. The summed E-state index contributed by atoms with van der Waals surface area (Å²) in [6.07, 6.45) is 6.38. The van der Waals surface area contributed by atoms with Crippen molar-refractivity contribution in [2.24, 2.45) is 0 Å². The summed E-state index contributed by atoms with van der Waals surface area (Å²) >= 11 is 0. The second-order valence-corrected chi connectivity index (χ2v) is 2.85. The third kappa shape index (κ3) is 1.71. The second-order valence-electron chi connectivity index (χ2n) is 2.85. The first-order chi connectivity index (χ1) is 7.33. The van der Waals surface area contributed by atoms with E-state index in [0.717, 1.165) is 0 Å². The first-order valence-electron chi connectivity index (χ1n) is 4.35. The van der Waals surface area contributed by atoms with Crippen LogP contribution in [0.15, 0.2) is 30.9 Å². The van der Waals surface area contributed by atoms with Crippen LogP contribution in [0, 0.1) is 0 Å². The molecule has 0 aliphatic carbocycles. The molecular weight excluding hydrogens is 194 g/mol. The number of H-pyrrole nitrogens is 1. The van der Waals surface area contributed by atoms with Gasteiger partial charge in [0.15, 0.2) is 0 Å². The van der Waals surface area contributed by atoms with Gasteiger partial charge >= 0.3 is 5.97 Å². The van der Waals surface area contributed by atoms with Gasteiger partial charge in [-0.15, -0.1) is 0 Å². The quantitative estimate of drug-likeness (QED) is 0.746. The molecule has 0 aliphatic heterocycles. The van der Waals surface area contributed by atoms with Crippen molar-refractivity contribution >= 4 is 5.97 Å². The van der Waals surface area contributed by atoms with Gasteiger partial charge in [0.2, 0.25) is 0 Å². The summed E-state index contributed by atoms with van der Waals surface area (Å²) in [6, 6.07) is 1.71. The van der Waals surface area contributed by atoms with Crippen LogP contribution in [0.25, 0.3) is 11.4 Å². The van der Waals surface area contributed by atoms with E-state index in [2.05, 4.69) is 19.7 Å². The molecular formula is C10H9N3O2. The number of hydrogen-bond acceptors (Lipinski definition) is 4. The van der Waals surface area contributed by atoms with Crippen LogP contribution in [0.1, 0.15) is 10.4 Å². The minimum Gasteiger partial charge on any atom is -0.465 e. The minimum atomic E-state index is -0.422. The molecule has 5 nitrogen and oxygen atoms in total. The highest BCUT2D eigenvalue weighted by Gasteiger charge is 2.14. The maximum atomic E-state index is 11.4. The molecule has 2 aromatic heterocycles. The summed E-state index contributed by atoms with van der Waals surface area (Å²) < 4.78 is 4.65. The molecule has 0 saturated carbocycles. The van der Waals surface area contributed by atoms with Crippen molar-refractivity contribution in [2.45, 2.75) is 0 Å². The molecule has 5 heteroatoms. The summed E-state index contributed by atoms with van der Waals surface area (Å²) in [5, 5.41) is 0. The number of aromatic amines is 1. The van der Waals surface area contributed by atoms with Crippen molar-refractivity contribution < 1.29 is 9.53 Å². The largest absolute Gasteiger partial charge is 0.465 e. The molecule has 0 atom stereocenters. The number of hydrogen-bond donors (Lipinski definition) is 1. The first kappa shape index (κ1) is 9.39. The average molecular weight is 203 g/mol. The van der Waals surface area contributed by atoms with E-state index < -0.39 is 5.97 Å². The Hall–Kier alpha value is -2.17. The highest BCUT2D eigenvalue weighted by molar-refractivity contribution is 5.95. The fourth-order valence-corrected chi connectivity index (χ4v) is 1.29. The minimum absolute atomic E-state index is 0.398. The van der Waals surface area contributed by atoms with E-state index in [9.17, 15) is 4.79 Å². The van der Waals surface area contributed by atoms with Gasteiger partial charge in [-0.3, -0.25) is 4.98 Å². The summed E-state index contributed by atoms with van der Waals surface area (Å²) in [5.74, 6) is 0.201. The Balaban J connectivity index is 2.52. The number of pyridine rings is 1. The normalized spacial score (nSPS) is 9.93. The SMILES string of the molecule is COC(=O)c1cnccc1-c1ncc[nH]1. The zero-order valence-electron chi connectivity index (χ0n) is 8.10. The van der Waals surface area contributed by atoms with Gasteiger partial charge in [0.1, 0.15) is 5.82 Å². The third-order valence-electron chi connectivity index (χ3n) is 1.98. The van der Waals surface area contributed by atoms with Gasteiger partial charge in [-0.05, 0) is 6.07 Å². The van der Waals surface area contributed by atoms with Gasteiger partial charge in [-0.25, -0.2) is 9.78 Å². The van der Waals surface area contributed by atoms with Crippen LogP contribution in [0.2, 0.25) is 0 Å². The maximum absolute atomic E-state index is 11.4. The number of imidazole rings is 1. The number of esters is 1. The average Bonchev–Trinajstić information content (AvgIpc) is 2.81. The van der Waals surface area contributed by atoms with E-state index in [-0.39, 0.29) is 0 Å². The summed E-state index contributed by atoms with van der Waals surface area (Å²) in [4.78, 5) is 22.3. The zero-order chi connectivity index (χ0) is 10.7. The lowest BCUT2D eigenvalue weighted by Gasteiger charge is -2.03. The van der Waals surface area contributed by atoms with E-state index in [4.69, 9.17) is 0 Å². The lowest BCUT2D eigenvalue weighted by Crippen LogP contribution is -2.04. The van der Waals surface area contributed by atoms with Crippen LogP contribution >= 0.6 is 0 Å². The van der Waals surface area contributed by atoms with Crippen molar-refractivity contribution in [1.29, 1.82) is 0 Å². The fraction of sp³-hybridized carbons (Fsp3) is 0.100. The Labute approximate surface area is 86.1 Å². The van der Waals surface area contributed by atoms with Crippen molar-refractivity contribution in [3.63, 3.8) is 0 Å². The van der Waals surface area contributed by atoms with E-state index in [1.165, 1.54) is 13.3 Å². The monoisotopic (exact) mass is 203 g/mol. The Morgan fingerprint density at radius 1 is 1.47 bits per heavy atom. The van der Waals surface area contributed by atoms with Crippen LogP contribution in [-0.4, -0.2) is 28.0 Å². The zero-order valence-corrected chi connectivity index (χ0v) is 8.10. The molecule has 2 aromatic rings. The number of carbonyl (C=O) groups excluding carboxylic acids is 1. The van der Waals surface area contributed by atoms with Crippen LogP contribution in [0.4, 0.5) is 0 Å². The first-order valence-corrected chi connectivity index (χ1v) is 4.35. The molecule has 0 amide bonds. The maximum Gasteiger partial charge on any atom is 0.340 e. The summed E-state index contributed by atoms with van der Waals surface area (Å²) in [5.41, 5.74) is 1.08. The lowest BCUT2D eigenvalue weighted by atomic mass is 10.1. The second kappa shape index (κ2) is 3.91. The molecule has 0 fully saturated rings. The molecule has 0 bridgehead atoms. The molecule has 1 N–H and O–H groups in total. The van der Waals surface area contributed by atoms with E-state index >= 15 is 0 Å². The third-order valence-corrected chi connectivity index (χ3v) is 1.98. The van der Waals surface area contributed by atoms with Gasteiger partial charge in [0.05, 0.1) is 12.7 Å². The van der Waals surface area contributed by atoms with Crippen LogP contribution in [0.3, 0.4) is 0 Å². The molecule has 0 aromatic carbocycles. The fourth-order valence-electron chi connectivity index (χ4n) is 1.29. The number of ether oxygens (including phenoxy) is 1. The molecule has 2 heterocycles. The van der Waals surface area contributed by atoms with E-state index in [1.54, 1.807) is 24.7 Å². The Bertz CT molecular complexity index is 465. The predicted octanol–water partition coefficient (Wildman–Crippen LogP) is 1.26. The van der Waals surface area contributed by atoms with Gasteiger partial charge in [0.25, 0.3) is 0 Å². The smallest absolute Gasteiger partial charge is 0.340 e. The summed E-state index contributed by atoms with van der Waals surface area (Å²) in [6.45, 7) is 0. The topological polar surface area (TPSA) is 67.9 Å². The van der Waals surface area contributed by atoms with Gasteiger partial charge in [0, 0.05) is 30.4 Å². The highest BCUT2D eigenvalue weighted by Crippen LogP contribution is 2.19. The Morgan fingerprint density at radius 2 is 2.33 bits per heavy atom. The molecule has 0 aliphatic rings. The van der Waals surface area contributed by atoms with E-state index in [1.807, 2.05) is 0 Å². The lowest BCUT2D eigenvalue weighted by molar-refractivity contribution is 0.0601. The predicted molar refractivity (Wildman–Crippen MR) is 53.2 cm³/mol. The number of methoxy groups -OCH3 is 1. The standard InChI is InChI=1S/C10H9N3O2/c1-15-10(14)8-6-11-3-2-7(8)9-12-4-5-13-9/h2-6H,1H3,(H,12,13). The summed E-state index contributed by atoms with van der Waals surface area (Å²) in [7, 11) is 1.33. The molecule has 76 valence electrons. The van der Waals surface area contributed by atoms with Crippen molar-refractivity contribution in [2.75, 3.05) is 7.11 Å². The molecule has 0 unspecified atom stereocenters. The number of aromatic nitrogens is 3. The van der Waals surface area contributed by atoms with Crippen LogP contribution < -0.4 is 0 Å². The van der Waals surface area contributed by atoms with Crippen molar-refractivity contribution in [3.8, 4) is 11.4 Å². The Kier molecular flexibility index (Phi) is 2.45. The molecule has 0 radical (unpaired) electrons.